The number of nitrogens with one attached hydrogen (secondary N) is 2. The van der Waals surface area contributed by atoms with Crippen molar-refractivity contribution in [2.24, 2.45) is 0 Å². The van der Waals surface area contributed by atoms with Gasteiger partial charge in [-0.1, -0.05) is 25.7 Å². The van der Waals surface area contributed by atoms with Crippen LogP contribution >= 0.6 is 0 Å². The van der Waals surface area contributed by atoms with Crippen LogP contribution in [0.3, 0.4) is 0 Å². The fourth-order valence-electron chi connectivity index (χ4n) is 3.54. The number of hydrogen-bond donors (Lipinski definition) is 2. The first-order chi connectivity index (χ1) is 11.5. The number of amides is 1. The highest BCUT2D eigenvalue weighted by Gasteiger charge is 2.20. The van der Waals surface area contributed by atoms with Crippen molar-refractivity contribution < 1.29 is 14.3 Å². The lowest BCUT2D eigenvalue weighted by Gasteiger charge is -2.16. The van der Waals surface area contributed by atoms with Gasteiger partial charge in [-0.2, -0.15) is 0 Å². The Hall–Kier alpha value is -1.78. The van der Waals surface area contributed by atoms with E-state index in [1.165, 1.54) is 25.7 Å². The molecule has 0 aliphatic heterocycles. The van der Waals surface area contributed by atoms with Crippen molar-refractivity contribution in [1.29, 1.82) is 0 Å². The molecular weight excluding hydrogens is 304 g/mol. The number of aromatic nitrogens is 1. The Morgan fingerprint density at radius 1 is 1.17 bits per heavy atom. The average Bonchev–Trinajstić information content (AvgIpc) is 2.70. The van der Waals surface area contributed by atoms with E-state index in [4.69, 9.17) is 4.74 Å². The predicted molar refractivity (Wildman–Crippen MR) is 94.2 cm³/mol. The van der Waals surface area contributed by atoms with Crippen LogP contribution in [0.5, 0.6) is 0 Å². The van der Waals surface area contributed by atoms with E-state index in [1.54, 1.807) is 6.92 Å². The van der Waals surface area contributed by atoms with Crippen LogP contribution < -0.4 is 5.32 Å². The van der Waals surface area contributed by atoms with E-state index < -0.39 is 0 Å². The fourth-order valence-corrected chi connectivity index (χ4v) is 3.54. The number of esters is 1. The highest BCUT2D eigenvalue weighted by atomic mass is 16.5. The van der Waals surface area contributed by atoms with E-state index in [0.717, 1.165) is 29.8 Å². The lowest BCUT2D eigenvalue weighted by atomic mass is 10.1. The summed E-state index contributed by atoms with van der Waals surface area (Å²) in [6, 6.07) is 0.335. The smallest absolute Gasteiger partial charge is 0.340 e. The van der Waals surface area contributed by atoms with Crippen molar-refractivity contribution in [3.05, 3.63) is 22.5 Å². The summed E-state index contributed by atoms with van der Waals surface area (Å²) in [5.74, 6) is -0.191. The molecule has 0 bridgehead atoms. The van der Waals surface area contributed by atoms with E-state index in [1.807, 2.05) is 13.8 Å². The maximum absolute atomic E-state index is 12.2. The Bertz CT molecular complexity index is 569. The molecule has 1 heterocycles. The molecule has 1 fully saturated rings. The molecule has 5 heteroatoms. The molecule has 0 aromatic carbocycles. The van der Waals surface area contributed by atoms with Crippen LogP contribution in [0.1, 0.15) is 79.2 Å². The summed E-state index contributed by atoms with van der Waals surface area (Å²) in [6.07, 6.45) is 8.24. The lowest BCUT2D eigenvalue weighted by molar-refractivity contribution is -0.121. The minimum absolute atomic E-state index is 0.103. The van der Waals surface area contributed by atoms with Gasteiger partial charge in [-0.05, 0) is 45.6 Å². The molecule has 0 saturated heterocycles. The molecule has 24 heavy (non-hydrogen) atoms. The van der Waals surface area contributed by atoms with Gasteiger partial charge in [-0.3, -0.25) is 4.79 Å². The van der Waals surface area contributed by atoms with Gasteiger partial charge in [-0.15, -0.1) is 0 Å². The summed E-state index contributed by atoms with van der Waals surface area (Å²) in [5, 5.41) is 3.17. The largest absolute Gasteiger partial charge is 0.462 e. The van der Waals surface area contributed by atoms with Crippen LogP contribution in [0, 0.1) is 13.8 Å². The molecule has 2 N–H and O–H groups in total. The van der Waals surface area contributed by atoms with Gasteiger partial charge in [0, 0.05) is 23.9 Å². The first kappa shape index (κ1) is 18.6. The molecule has 5 nitrogen and oxygen atoms in total. The van der Waals surface area contributed by atoms with Gasteiger partial charge in [-0.25, -0.2) is 4.79 Å². The van der Waals surface area contributed by atoms with Gasteiger partial charge in [0.15, 0.2) is 0 Å². The molecule has 2 rings (SSSR count). The molecule has 1 aliphatic rings. The standard InChI is InChI=1S/C19H30N2O3/c1-4-24-19(23)18-13(2)16(20-14(18)3)11-12-17(22)21-15-9-7-5-6-8-10-15/h15,20H,4-12H2,1-3H3,(H,21,22). The number of hydrogen-bond acceptors (Lipinski definition) is 3. The Kier molecular flexibility index (Phi) is 6.88. The van der Waals surface area contributed by atoms with Crippen LogP contribution in [-0.2, 0) is 16.0 Å². The molecule has 1 saturated carbocycles. The summed E-state index contributed by atoms with van der Waals surface area (Å²) in [4.78, 5) is 27.5. The molecule has 1 aromatic heterocycles. The number of aromatic amines is 1. The van der Waals surface area contributed by atoms with E-state index >= 15 is 0 Å². The molecule has 1 aromatic rings. The summed E-state index contributed by atoms with van der Waals surface area (Å²) in [6.45, 7) is 5.94. The first-order valence-electron chi connectivity index (χ1n) is 9.17. The molecule has 0 radical (unpaired) electrons. The third-order valence-electron chi connectivity index (χ3n) is 4.84. The second-order valence-electron chi connectivity index (χ2n) is 6.71. The minimum atomic E-state index is -0.294. The maximum atomic E-state index is 12.2. The highest BCUT2D eigenvalue weighted by Crippen LogP contribution is 2.21. The van der Waals surface area contributed by atoms with Crippen LogP contribution in [0.2, 0.25) is 0 Å². The Labute approximate surface area is 144 Å². The zero-order valence-electron chi connectivity index (χ0n) is 15.2. The fraction of sp³-hybridized carbons (Fsp3) is 0.684. The summed E-state index contributed by atoms with van der Waals surface area (Å²) < 4.78 is 5.10. The highest BCUT2D eigenvalue weighted by molar-refractivity contribution is 5.92. The number of carbonyl (C=O) groups excluding carboxylic acids is 2. The number of ether oxygens (including phenoxy) is 1. The van der Waals surface area contributed by atoms with Crippen LogP contribution in [0.25, 0.3) is 0 Å². The van der Waals surface area contributed by atoms with Gasteiger partial charge >= 0.3 is 5.97 Å². The minimum Gasteiger partial charge on any atom is -0.462 e. The summed E-state index contributed by atoms with van der Waals surface area (Å²) >= 11 is 0. The molecular formula is C19H30N2O3. The molecule has 0 atom stereocenters. The van der Waals surface area contributed by atoms with Gasteiger partial charge in [0.25, 0.3) is 0 Å². The van der Waals surface area contributed by atoms with Gasteiger partial charge in [0.1, 0.15) is 0 Å². The average molecular weight is 334 g/mol. The van der Waals surface area contributed by atoms with Crippen molar-refractivity contribution in [3.63, 3.8) is 0 Å². The number of rotatable bonds is 6. The van der Waals surface area contributed by atoms with Crippen molar-refractivity contribution in [2.45, 2.75) is 78.2 Å². The Balaban J connectivity index is 1.90. The molecule has 1 aliphatic carbocycles. The van der Waals surface area contributed by atoms with E-state index in [2.05, 4.69) is 10.3 Å². The number of H-pyrrole nitrogens is 1. The Morgan fingerprint density at radius 3 is 2.46 bits per heavy atom. The molecule has 134 valence electrons. The van der Waals surface area contributed by atoms with Crippen molar-refractivity contribution in [1.82, 2.24) is 10.3 Å². The molecule has 0 unspecified atom stereocenters. The lowest BCUT2D eigenvalue weighted by Crippen LogP contribution is -2.34. The Morgan fingerprint density at radius 2 is 1.83 bits per heavy atom. The van der Waals surface area contributed by atoms with Crippen LogP contribution in [0.4, 0.5) is 0 Å². The monoisotopic (exact) mass is 334 g/mol. The summed E-state index contributed by atoms with van der Waals surface area (Å²) in [7, 11) is 0. The first-order valence-corrected chi connectivity index (χ1v) is 9.17. The zero-order chi connectivity index (χ0) is 17.5. The van der Waals surface area contributed by atoms with Crippen LogP contribution in [0.15, 0.2) is 0 Å². The topological polar surface area (TPSA) is 71.2 Å². The second-order valence-corrected chi connectivity index (χ2v) is 6.71. The van der Waals surface area contributed by atoms with Crippen LogP contribution in [-0.4, -0.2) is 29.5 Å². The SMILES string of the molecule is CCOC(=O)c1c(C)[nH]c(CCC(=O)NC2CCCCCC2)c1C. The quantitative estimate of drug-likeness (QED) is 0.617. The van der Waals surface area contributed by atoms with Crippen molar-refractivity contribution in [2.75, 3.05) is 6.61 Å². The van der Waals surface area contributed by atoms with Crippen molar-refractivity contribution >= 4 is 11.9 Å². The maximum Gasteiger partial charge on any atom is 0.340 e. The van der Waals surface area contributed by atoms with E-state index in [-0.39, 0.29) is 11.9 Å². The normalized spacial score (nSPS) is 15.8. The van der Waals surface area contributed by atoms with Crippen molar-refractivity contribution in [3.8, 4) is 0 Å². The van der Waals surface area contributed by atoms with E-state index in [0.29, 0.717) is 31.1 Å². The van der Waals surface area contributed by atoms with Gasteiger partial charge in [0.05, 0.1) is 12.2 Å². The second kappa shape index (κ2) is 8.90. The van der Waals surface area contributed by atoms with Gasteiger partial charge < -0.3 is 15.0 Å². The summed E-state index contributed by atoms with van der Waals surface area (Å²) in [5.41, 5.74) is 3.26. The number of carbonyl (C=O) groups is 2. The predicted octanol–water partition coefficient (Wildman–Crippen LogP) is 3.58. The van der Waals surface area contributed by atoms with Gasteiger partial charge in [0.2, 0.25) is 5.91 Å². The molecule has 1 amide bonds. The third-order valence-corrected chi connectivity index (χ3v) is 4.84. The zero-order valence-corrected chi connectivity index (χ0v) is 15.2. The van der Waals surface area contributed by atoms with E-state index in [9.17, 15) is 9.59 Å². The third kappa shape index (κ3) is 4.86. The number of aryl methyl sites for hydroxylation is 2. The molecule has 0 spiro atoms.